The number of rotatable bonds is 7. The Kier molecular flexibility index (Phi) is 7.43. The summed E-state index contributed by atoms with van der Waals surface area (Å²) in [5.41, 5.74) is 0.971. The number of carbonyl (C=O) groups excluding carboxylic acids is 1. The van der Waals surface area contributed by atoms with Crippen LogP contribution >= 0.6 is 0 Å². The lowest BCUT2D eigenvalue weighted by atomic mass is 9.99. The molecule has 0 bridgehead atoms. The number of ether oxygens (including phenoxy) is 1. The van der Waals surface area contributed by atoms with Crippen LogP contribution in [0.1, 0.15) is 38.7 Å². The van der Waals surface area contributed by atoms with Crippen molar-refractivity contribution in [1.82, 2.24) is 4.90 Å². The van der Waals surface area contributed by atoms with Crippen LogP contribution in [0.25, 0.3) is 0 Å². The maximum absolute atomic E-state index is 14.0. The van der Waals surface area contributed by atoms with Crippen molar-refractivity contribution in [2.45, 2.75) is 45.7 Å². The SMILES string of the molecule is COc1ccc(N(C(=O)CC(C)C)C2CCN(Cc3c(F)cccc3F)CC2)cc1. The van der Waals surface area contributed by atoms with Crippen LogP contribution in [0.2, 0.25) is 0 Å². The number of anilines is 1. The van der Waals surface area contributed by atoms with Gasteiger partial charge >= 0.3 is 0 Å². The molecule has 1 saturated heterocycles. The number of carbonyl (C=O) groups is 1. The maximum atomic E-state index is 14.0. The minimum atomic E-state index is -0.510. The predicted molar refractivity (Wildman–Crippen MR) is 115 cm³/mol. The van der Waals surface area contributed by atoms with Crippen molar-refractivity contribution in [2.24, 2.45) is 5.92 Å². The first-order valence-corrected chi connectivity index (χ1v) is 10.5. The lowest BCUT2D eigenvalue weighted by Crippen LogP contribution is -2.47. The first-order chi connectivity index (χ1) is 14.4. The van der Waals surface area contributed by atoms with Crippen LogP contribution < -0.4 is 9.64 Å². The van der Waals surface area contributed by atoms with E-state index in [-0.39, 0.29) is 30.0 Å². The van der Waals surface area contributed by atoms with Gasteiger partial charge in [-0.1, -0.05) is 19.9 Å². The number of methoxy groups -OCH3 is 1. The molecule has 0 aliphatic carbocycles. The average Bonchev–Trinajstić information content (AvgIpc) is 2.72. The van der Waals surface area contributed by atoms with Gasteiger partial charge in [0, 0.05) is 43.3 Å². The van der Waals surface area contributed by atoms with Gasteiger partial charge in [-0.05, 0) is 55.2 Å². The highest BCUT2D eigenvalue weighted by atomic mass is 19.1. The molecular formula is C24H30F2N2O2. The van der Waals surface area contributed by atoms with Crippen molar-refractivity contribution < 1.29 is 18.3 Å². The zero-order chi connectivity index (χ0) is 21.7. The molecule has 0 spiro atoms. The van der Waals surface area contributed by atoms with Gasteiger partial charge in [0.1, 0.15) is 17.4 Å². The van der Waals surface area contributed by atoms with Crippen LogP contribution in [0.4, 0.5) is 14.5 Å². The van der Waals surface area contributed by atoms with Gasteiger partial charge in [-0.25, -0.2) is 8.78 Å². The standard InChI is InChI=1S/C24H30F2N2O2/c1-17(2)15-24(29)28(18-7-9-20(30-3)10-8-18)19-11-13-27(14-12-19)16-21-22(25)5-4-6-23(21)26/h4-10,17,19H,11-16H2,1-3H3. The van der Waals surface area contributed by atoms with Crippen molar-refractivity contribution in [3.63, 3.8) is 0 Å². The second-order valence-electron chi connectivity index (χ2n) is 8.27. The summed E-state index contributed by atoms with van der Waals surface area (Å²) in [6.45, 7) is 5.68. The summed E-state index contributed by atoms with van der Waals surface area (Å²) in [4.78, 5) is 17.0. The van der Waals surface area contributed by atoms with Gasteiger partial charge in [0.15, 0.2) is 0 Å². The summed E-state index contributed by atoms with van der Waals surface area (Å²) in [6, 6.07) is 11.6. The average molecular weight is 417 g/mol. The maximum Gasteiger partial charge on any atom is 0.227 e. The zero-order valence-electron chi connectivity index (χ0n) is 17.9. The summed E-state index contributed by atoms with van der Waals surface area (Å²) >= 11 is 0. The molecule has 0 saturated carbocycles. The van der Waals surface area contributed by atoms with Crippen LogP contribution in [-0.4, -0.2) is 37.0 Å². The fraction of sp³-hybridized carbons (Fsp3) is 0.458. The third kappa shape index (κ3) is 5.36. The number of benzene rings is 2. The quantitative estimate of drug-likeness (QED) is 0.636. The molecule has 0 unspecified atom stereocenters. The van der Waals surface area contributed by atoms with Gasteiger partial charge in [-0.15, -0.1) is 0 Å². The highest BCUT2D eigenvalue weighted by molar-refractivity contribution is 5.94. The van der Waals surface area contributed by atoms with Crippen molar-refractivity contribution in [3.05, 3.63) is 59.7 Å². The Labute approximate surface area is 177 Å². The Bertz CT molecular complexity index is 827. The molecule has 0 N–H and O–H groups in total. The fourth-order valence-electron chi connectivity index (χ4n) is 3.99. The van der Waals surface area contributed by atoms with Crippen molar-refractivity contribution in [2.75, 3.05) is 25.1 Å². The van der Waals surface area contributed by atoms with Gasteiger partial charge in [0.2, 0.25) is 5.91 Å². The van der Waals surface area contributed by atoms with Crippen molar-refractivity contribution in [3.8, 4) is 5.75 Å². The number of hydrogen-bond donors (Lipinski definition) is 0. The first-order valence-electron chi connectivity index (χ1n) is 10.5. The number of hydrogen-bond acceptors (Lipinski definition) is 3. The molecule has 1 aliphatic rings. The molecule has 1 fully saturated rings. The van der Waals surface area contributed by atoms with Crippen LogP contribution in [0.5, 0.6) is 5.75 Å². The molecule has 1 aliphatic heterocycles. The molecule has 0 aromatic heterocycles. The summed E-state index contributed by atoms with van der Waals surface area (Å²) in [5, 5.41) is 0. The predicted octanol–water partition coefficient (Wildman–Crippen LogP) is 5.02. The second-order valence-corrected chi connectivity index (χ2v) is 8.27. The Morgan fingerprint density at radius 2 is 1.70 bits per heavy atom. The second kappa shape index (κ2) is 10.0. The van der Waals surface area contributed by atoms with E-state index in [1.165, 1.54) is 18.2 Å². The molecule has 2 aromatic rings. The van der Waals surface area contributed by atoms with E-state index in [1.54, 1.807) is 7.11 Å². The molecule has 0 atom stereocenters. The summed E-state index contributed by atoms with van der Waals surface area (Å²) in [6.07, 6.45) is 1.99. The number of amides is 1. The molecule has 162 valence electrons. The molecule has 6 heteroatoms. The van der Waals surface area contributed by atoms with E-state index in [1.807, 2.05) is 43.0 Å². The van der Waals surface area contributed by atoms with Crippen molar-refractivity contribution >= 4 is 11.6 Å². The molecule has 0 radical (unpaired) electrons. The molecular weight excluding hydrogens is 386 g/mol. The zero-order valence-corrected chi connectivity index (χ0v) is 17.9. The third-order valence-corrected chi connectivity index (χ3v) is 5.57. The topological polar surface area (TPSA) is 32.8 Å². The number of likely N-dealkylation sites (tertiary alicyclic amines) is 1. The number of piperidine rings is 1. The van der Waals surface area contributed by atoms with E-state index in [0.29, 0.717) is 19.5 Å². The van der Waals surface area contributed by atoms with Gasteiger partial charge in [-0.2, -0.15) is 0 Å². The molecule has 4 nitrogen and oxygen atoms in total. The van der Waals surface area contributed by atoms with E-state index in [4.69, 9.17) is 4.74 Å². The molecule has 30 heavy (non-hydrogen) atoms. The smallest absolute Gasteiger partial charge is 0.227 e. The summed E-state index contributed by atoms with van der Waals surface area (Å²) in [5.74, 6) is 0.0982. The molecule has 3 rings (SSSR count). The molecule has 1 heterocycles. The van der Waals surface area contributed by atoms with Gasteiger partial charge in [-0.3, -0.25) is 9.69 Å². The minimum absolute atomic E-state index is 0.0614. The summed E-state index contributed by atoms with van der Waals surface area (Å²) < 4.78 is 33.2. The third-order valence-electron chi connectivity index (χ3n) is 5.57. The largest absolute Gasteiger partial charge is 0.497 e. The fourth-order valence-corrected chi connectivity index (χ4v) is 3.99. The van der Waals surface area contributed by atoms with E-state index in [2.05, 4.69) is 4.90 Å². The minimum Gasteiger partial charge on any atom is -0.497 e. The lowest BCUT2D eigenvalue weighted by Gasteiger charge is -2.39. The highest BCUT2D eigenvalue weighted by Gasteiger charge is 2.30. The van der Waals surface area contributed by atoms with E-state index >= 15 is 0 Å². The van der Waals surface area contributed by atoms with Crippen LogP contribution in [-0.2, 0) is 11.3 Å². The molecule has 2 aromatic carbocycles. The van der Waals surface area contributed by atoms with Gasteiger partial charge in [0.25, 0.3) is 0 Å². The Hall–Kier alpha value is -2.47. The first kappa shape index (κ1) is 22.2. The van der Waals surface area contributed by atoms with E-state index in [9.17, 15) is 13.6 Å². The van der Waals surface area contributed by atoms with E-state index < -0.39 is 11.6 Å². The highest BCUT2D eigenvalue weighted by Crippen LogP contribution is 2.28. The van der Waals surface area contributed by atoms with Crippen LogP contribution in [0.3, 0.4) is 0 Å². The Balaban J connectivity index is 1.71. The molecule has 1 amide bonds. The van der Waals surface area contributed by atoms with E-state index in [0.717, 1.165) is 24.3 Å². The Morgan fingerprint density at radius 3 is 2.23 bits per heavy atom. The summed E-state index contributed by atoms with van der Waals surface area (Å²) in [7, 11) is 1.62. The van der Waals surface area contributed by atoms with Gasteiger partial charge < -0.3 is 9.64 Å². The van der Waals surface area contributed by atoms with Crippen LogP contribution in [0.15, 0.2) is 42.5 Å². The monoisotopic (exact) mass is 416 g/mol. The normalized spacial score (nSPS) is 15.4. The lowest BCUT2D eigenvalue weighted by molar-refractivity contribution is -0.120. The van der Waals surface area contributed by atoms with Crippen molar-refractivity contribution in [1.29, 1.82) is 0 Å². The van der Waals surface area contributed by atoms with Crippen LogP contribution in [0, 0.1) is 17.6 Å². The van der Waals surface area contributed by atoms with Gasteiger partial charge in [0.05, 0.1) is 7.11 Å². The Morgan fingerprint density at radius 1 is 1.10 bits per heavy atom. The number of halogens is 2. The number of nitrogens with zero attached hydrogens (tertiary/aromatic N) is 2.